The Labute approximate surface area is 206 Å². The maximum absolute atomic E-state index is 13.5. The van der Waals surface area contributed by atoms with Crippen molar-refractivity contribution in [3.8, 4) is 0 Å². The summed E-state index contributed by atoms with van der Waals surface area (Å²) in [4.78, 5) is 28.0. The van der Waals surface area contributed by atoms with E-state index in [1.165, 1.54) is 0 Å². The predicted molar refractivity (Wildman–Crippen MR) is 137 cm³/mol. The highest BCUT2D eigenvalue weighted by Gasteiger charge is 2.35. The third kappa shape index (κ3) is 5.89. The minimum Gasteiger partial charge on any atom is -0.341 e. The van der Waals surface area contributed by atoms with Crippen LogP contribution in [-0.2, 0) is 19.6 Å². The first-order valence-electron chi connectivity index (χ1n) is 11.9. The van der Waals surface area contributed by atoms with Crippen molar-refractivity contribution in [2.45, 2.75) is 37.6 Å². The van der Waals surface area contributed by atoms with Crippen molar-refractivity contribution < 1.29 is 18.0 Å². The van der Waals surface area contributed by atoms with Crippen LogP contribution in [0.4, 0.5) is 5.69 Å². The van der Waals surface area contributed by atoms with Gasteiger partial charge in [0.2, 0.25) is 21.8 Å². The van der Waals surface area contributed by atoms with Gasteiger partial charge in [0.15, 0.2) is 0 Å². The van der Waals surface area contributed by atoms with Crippen molar-refractivity contribution in [3.05, 3.63) is 72.8 Å². The molecule has 0 radical (unpaired) electrons. The molecule has 184 valence electrons. The maximum atomic E-state index is 13.5. The molecule has 4 rings (SSSR count). The van der Waals surface area contributed by atoms with Gasteiger partial charge in [-0.15, -0.1) is 0 Å². The Morgan fingerprint density at radius 3 is 2.34 bits per heavy atom. The fraction of sp³-hybridized carbons (Fsp3) is 0.333. The zero-order chi connectivity index (χ0) is 25.0. The molecule has 0 bridgehead atoms. The summed E-state index contributed by atoms with van der Waals surface area (Å²) in [6.07, 6.45) is 1.36. The lowest BCUT2D eigenvalue weighted by Gasteiger charge is -2.35. The van der Waals surface area contributed by atoms with Crippen LogP contribution in [-0.4, -0.2) is 44.3 Å². The predicted octanol–water partition coefficient (Wildman–Crippen LogP) is 4.02. The first-order chi connectivity index (χ1) is 16.7. The third-order valence-electron chi connectivity index (χ3n) is 6.39. The van der Waals surface area contributed by atoms with Crippen molar-refractivity contribution in [2.24, 2.45) is 11.8 Å². The molecule has 8 heteroatoms. The second-order valence-electron chi connectivity index (χ2n) is 9.33. The molecule has 2 amide bonds. The quantitative estimate of drug-likeness (QED) is 0.520. The third-order valence-corrected chi connectivity index (χ3v) is 7.83. The van der Waals surface area contributed by atoms with Crippen LogP contribution >= 0.6 is 0 Å². The molecule has 35 heavy (non-hydrogen) atoms. The van der Waals surface area contributed by atoms with E-state index in [4.69, 9.17) is 0 Å². The van der Waals surface area contributed by atoms with Gasteiger partial charge in [-0.25, -0.2) is 8.42 Å². The number of rotatable bonds is 7. The van der Waals surface area contributed by atoms with Gasteiger partial charge in [-0.05, 0) is 53.8 Å². The smallest absolute Gasteiger partial charge is 0.241 e. The van der Waals surface area contributed by atoms with Crippen molar-refractivity contribution in [3.63, 3.8) is 0 Å². The summed E-state index contributed by atoms with van der Waals surface area (Å²) in [7, 11) is -3.93. The number of sulfonamides is 1. The molecule has 0 saturated carbocycles. The standard InChI is InChI=1S/C27H31N3O4S/c1-19(2)25(29-35(33,34)24-15-14-20-9-6-7-10-21(20)17-24)27(32)30-16-8-11-22(18-30)26(31)28-23-12-4-3-5-13-23/h3-7,9-10,12-15,17,19,22,25,29H,8,11,16,18H2,1-2H3,(H,28,31)/t22-,25+/m0/s1. The molecule has 7 nitrogen and oxygen atoms in total. The van der Waals surface area contributed by atoms with Crippen LogP contribution in [0.3, 0.4) is 0 Å². The zero-order valence-corrected chi connectivity index (χ0v) is 20.8. The van der Waals surface area contributed by atoms with Gasteiger partial charge in [0.1, 0.15) is 6.04 Å². The normalized spacial score (nSPS) is 17.3. The largest absolute Gasteiger partial charge is 0.341 e. The number of fused-ring (bicyclic) bond motifs is 1. The monoisotopic (exact) mass is 493 g/mol. The fourth-order valence-corrected chi connectivity index (χ4v) is 5.77. The van der Waals surface area contributed by atoms with Crippen molar-refractivity contribution in [1.82, 2.24) is 9.62 Å². The van der Waals surface area contributed by atoms with E-state index >= 15 is 0 Å². The van der Waals surface area contributed by atoms with Crippen molar-refractivity contribution in [1.29, 1.82) is 0 Å². The van der Waals surface area contributed by atoms with Crippen LogP contribution in [0.25, 0.3) is 10.8 Å². The number of piperidine rings is 1. The molecular weight excluding hydrogens is 462 g/mol. The Morgan fingerprint density at radius 2 is 1.63 bits per heavy atom. The minimum absolute atomic E-state index is 0.119. The van der Waals surface area contributed by atoms with Crippen molar-refractivity contribution in [2.75, 3.05) is 18.4 Å². The van der Waals surface area contributed by atoms with E-state index in [1.54, 1.807) is 23.1 Å². The Balaban J connectivity index is 1.47. The van der Waals surface area contributed by atoms with Gasteiger partial charge in [-0.1, -0.05) is 62.4 Å². The van der Waals surface area contributed by atoms with Gasteiger partial charge in [-0.3, -0.25) is 9.59 Å². The number of nitrogens with zero attached hydrogens (tertiary/aromatic N) is 1. The number of nitrogens with one attached hydrogen (secondary N) is 2. The number of para-hydroxylation sites is 1. The summed E-state index contributed by atoms with van der Waals surface area (Å²) in [6, 6.07) is 20.7. The summed E-state index contributed by atoms with van der Waals surface area (Å²) in [5.74, 6) is -1.05. The molecule has 3 aromatic rings. The number of anilines is 1. The van der Waals surface area contributed by atoms with Gasteiger partial charge in [0, 0.05) is 18.8 Å². The molecule has 0 aromatic heterocycles. The molecule has 0 spiro atoms. The Bertz CT molecular complexity index is 1310. The number of carbonyl (C=O) groups is 2. The second kappa shape index (κ2) is 10.6. The lowest BCUT2D eigenvalue weighted by molar-refractivity contribution is -0.137. The molecule has 0 aliphatic carbocycles. The lowest BCUT2D eigenvalue weighted by Crippen LogP contribution is -2.54. The maximum Gasteiger partial charge on any atom is 0.241 e. The van der Waals surface area contributed by atoms with Gasteiger partial charge >= 0.3 is 0 Å². The van der Waals surface area contributed by atoms with E-state index in [1.807, 2.05) is 68.4 Å². The van der Waals surface area contributed by atoms with Gasteiger partial charge in [0.05, 0.1) is 10.8 Å². The molecule has 2 atom stereocenters. The highest BCUT2D eigenvalue weighted by atomic mass is 32.2. The van der Waals surface area contributed by atoms with Crippen LogP contribution in [0.5, 0.6) is 0 Å². The van der Waals surface area contributed by atoms with Crippen LogP contribution < -0.4 is 10.0 Å². The van der Waals surface area contributed by atoms with Crippen LogP contribution in [0, 0.1) is 11.8 Å². The molecule has 1 fully saturated rings. The molecule has 3 aromatic carbocycles. The summed E-state index contributed by atoms with van der Waals surface area (Å²) < 4.78 is 29.1. The Morgan fingerprint density at radius 1 is 0.943 bits per heavy atom. The second-order valence-corrected chi connectivity index (χ2v) is 11.0. The molecule has 0 unspecified atom stereocenters. The SMILES string of the molecule is CC(C)[C@@H](NS(=O)(=O)c1ccc2ccccc2c1)C(=O)N1CCC[C@H](C(=O)Nc2ccccc2)C1. The number of benzene rings is 3. The lowest BCUT2D eigenvalue weighted by atomic mass is 9.95. The van der Waals surface area contributed by atoms with Crippen LogP contribution in [0.2, 0.25) is 0 Å². The number of hydrogen-bond acceptors (Lipinski definition) is 4. The van der Waals surface area contributed by atoms with E-state index in [0.717, 1.165) is 10.8 Å². The van der Waals surface area contributed by atoms with E-state index in [0.29, 0.717) is 25.1 Å². The van der Waals surface area contributed by atoms with Crippen molar-refractivity contribution >= 4 is 38.3 Å². The van der Waals surface area contributed by atoms with Crippen LogP contribution in [0.15, 0.2) is 77.7 Å². The summed E-state index contributed by atoms with van der Waals surface area (Å²) in [5.41, 5.74) is 0.712. The highest BCUT2D eigenvalue weighted by Crippen LogP contribution is 2.23. The van der Waals surface area contributed by atoms with E-state index in [-0.39, 0.29) is 35.1 Å². The zero-order valence-electron chi connectivity index (χ0n) is 20.0. The number of carbonyl (C=O) groups excluding carboxylic acids is 2. The molecule has 1 saturated heterocycles. The highest BCUT2D eigenvalue weighted by molar-refractivity contribution is 7.89. The molecule has 1 heterocycles. The summed E-state index contributed by atoms with van der Waals surface area (Å²) >= 11 is 0. The number of likely N-dealkylation sites (tertiary alicyclic amines) is 1. The molecule has 1 aliphatic heterocycles. The average Bonchev–Trinajstić information content (AvgIpc) is 2.87. The van der Waals surface area contributed by atoms with Gasteiger partial charge < -0.3 is 10.2 Å². The number of hydrogen-bond donors (Lipinski definition) is 2. The van der Waals surface area contributed by atoms with E-state index < -0.39 is 16.1 Å². The van der Waals surface area contributed by atoms with Crippen LogP contribution in [0.1, 0.15) is 26.7 Å². The first-order valence-corrected chi connectivity index (χ1v) is 13.4. The summed E-state index contributed by atoms with van der Waals surface area (Å²) in [5, 5.41) is 4.66. The molecule has 2 N–H and O–H groups in total. The number of amides is 2. The molecule has 1 aliphatic rings. The summed E-state index contributed by atoms with van der Waals surface area (Å²) in [6.45, 7) is 4.39. The fourth-order valence-electron chi connectivity index (χ4n) is 4.40. The Kier molecular flexibility index (Phi) is 7.52. The molecular formula is C27H31N3O4S. The van der Waals surface area contributed by atoms with Gasteiger partial charge in [-0.2, -0.15) is 4.72 Å². The van der Waals surface area contributed by atoms with E-state index in [9.17, 15) is 18.0 Å². The minimum atomic E-state index is -3.93. The topological polar surface area (TPSA) is 95.6 Å². The first kappa shape index (κ1) is 24.9. The Hall–Kier alpha value is -3.23. The van der Waals surface area contributed by atoms with Gasteiger partial charge in [0.25, 0.3) is 0 Å². The van der Waals surface area contributed by atoms with E-state index in [2.05, 4.69) is 10.0 Å². The average molecular weight is 494 g/mol.